The molecule has 2 aliphatic rings. The van der Waals surface area contributed by atoms with Crippen molar-refractivity contribution in [1.29, 1.82) is 0 Å². The topological polar surface area (TPSA) is 57.8 Å². The van der Waals surface area contributed by atoms with Crippen LogP contribution in [0.3, 0.4) is 0 Å². The Morgan fingerprint density at radius 3 is 2.76 bits per heavy atom. The number of aromatic nitrogens is 2. The summed E-state index contributed by atoms with van der Waals surface area (Å²) in [7, 11) is 0. The first-order valence-electron chi connectivity index (χ1n) is 8.53. The molecule has 124 valence electrons. The zero-order valence-corrected chi connectivity index (χ0v) is 14.4. The van der Waals surface area contributed by atoms with Crippen LogP contribution in [0.1, 0.15) is 35.6 Å². The van der Waals surface area contributed by atoms with Crippen LogP contribution in [0.4, 0.5) is 5.82 Å². The number of hydrogen-bond donors (Lipinski definition) is 2. The highest BCUT2D eigenvalue weighted by molar-refractivity contribution is 7.10. The van der Waals surface area contributed by atoms with Gasteiger partial charge in [0.25, 0.3) is 0 Å². The Bertz CT molecular complexity index is 970. The van der Waals surface area contributed by atoms with E-state index in [1.807, 2.05) is 18.2 Å². The maximum atomic E-state index is 12.8. The summed E-state index contributed by atoms with van der Waals surface area (Å²) in [5.74, 6) is 1.08. The average Bonchev–Trinajstić information content (AvgIpc) is 3.31. The monoisotopic (exact) mass is 347 g/mol. The number of anilines is 1. The van der Waals surface area contributed by atoms with Gasteiger partial charge in [-0.15, -0.1) is 11.3 Å². The van der Waals surface area contributed by atoms with E-state index < -0.39 is 0 Å². The number of nitrogens with zero attached hydrogens (tertiary/aromatic N) is 1. The number of thiophene rings is 1. The maximum absolute atomic E-state index is 12.8. The summed E-state index contributed by atoms with van der Waals surface area (Å²) in [5, 5.41) is 13.2. The van der Waals surface area contributed by atoms with Crippen LogP contribution in [0.5, 0.6) is 0 Å². The highest BCUT2D eigenvalue weighted by atomic mass is 32.1. The molecule has 5 rings (SSSR count). The van der Waals surface area contributed by atoms with Gasteiger partial charge in [-0.1, -0.05) is 36.4 Å². The number of carbonyl (C=O) groups is 1. The van der Waals surface area contributed by atoms with Crippen LogP contribution in [0.15, 0.2) is 59.1 Å². The van der Waals surface area contributed by atoms with Crippen LogP contribution in [0, 0.1) is 0 Å². The van der Waals surface area contributed by atoms with E-state index in [0.717, 1.165) is 46.8 Å². The number of hydrogen-bond acceptors (Lipinski definition) is 4. The number of nitrogens with one attached hydrogen (secondary N) is 2. The van der Waals surface area contributed by atoms with Crippen LogP contribution in [-0.4, -0.2) is 16.0 Å². The molecule has 2 aromatic heterocycles. The minimum Gasteiger partial charge on any atom is -0.342 e. The van der Waals surface area contributed by atoms with Crippen molar-refractivity contribution in [3.05, 3.63) is 69.6 Å². The highest BCUT2D eigenvalue weighted by Crippen LogP contribution is 2.48. The van der Waals surface area contributed by atoms with Crippen molar-refractivity contribution in [2.45, 2.75) is 25.2 Å². The Balaban J connectivity index is 1.75. The van der Waals surface area contributed by atoms with E-state index in [0.29, 0.717) is 6.42 Å². The van der Waals surface area contributed by atoms with Crippen molar-refractivity contribution in [2.75, 3.05) is 5.32 Å². The molecule has 0 saturated carbocycles. The van der Waals surface area contributed by atoms with Crippen LogP contribution in [-0.2, 0) is 4.79 Å². The Hall–Kier alpha value is -2.66. The third-order valence-electron chi connectivity index (χ3n) is 5.00. The molecule has 0 saturated heterocycles. The van der Waals surface area contributed by atoms with Gasteiger partial charge in [0.1, 0.15) is 0 Å². The summed E-state index contributed by atoms with van der Waals surface area (Å²) in [5.41, 5.74) is 5.15. The second kappa shape index (κ2) is 5.70. The van der Waals surface area contributed by atoms with Gasteiger partial charge in [0, 0.05) is 28.1 Å². The van der Waals surface area contributed by atoms with E-state index in [1.165, 1.54) is 4.88 Å². The second-order valence-electron chi connectivity index (χ2n) is 6.47. The summed E-state index contributed by atoms with van der Waals surface area (Å²) < 4.78 is 0. The maximum Gasteiger partial charge on any atom is 0.161 e. The molecule has 0 fully saturated rings. The van der Waals surface area contributed by atoms with Crippen molar-refractivity contribution >= 4 is 22.9 Å². The smallest absolute Gasteiger partial charge is 0.161 e. The molecular weight excluding hydrogens is 330 g/mol. The molecule has 3 aromatic rings. The highest BCUT2D eigenvalue weighted by Gasteiger charge is 2.38. The van der Waals surface area contributed by atoms with Crippen LogP contribution in [0.25, 0.3) is 11.3 Å². The van der Waals surface area contributed by atoms with Gasteiger partial charge in [-0.25, -0.2) is 0 Å². The summed E-state index contributed by atoms with van der Waals surface area (Å²) in [6, 6.07) is 14.4. The normalized spacial score (nSPS) is 19.4. The standard InChI is InChI=1S/C20H17N3OS/c24-14-9-4-8-13-16(14)17(15-10-5-11-25-15)18-19(22-23-20(18)21-13)12-6-2-1-3-7-12/h1-3,5-7,10-11,17H,4,8-9H2,(H2,21,22,23). The zero-order chi connectivity index (χ0) is 16.8. The SMILES string of the molecule is O=C1CCCC2=C1C(c1cccs1)c1c(n[nH]c1-c1ccccc1)N2. The minimum atomic E-state index is -0.0343. The summed E-state index contributed by atoms with van der Waals surface area (Å²) in [6.45, 7) is 0. The van der Waals surface area contributed by atoms with Crippen LogP contribution < -0.4 is 5.32 Å². The van der Waals surface area contributed by atoms with E-state index in [2.05, 4.69) is 45.2 Å². The van der Waals surface area contributed by atoms with E-state index in [-0.39, 0.29) is 11.7 Å². The summed E-state index contributed by atoms with van der Waals surface area (Å²) in [6.07, 6.45) is 2.46. The molecule has 25 heavy (non-hydrogen) atoms. The van der Waals surface area contributed by atoms with Gasteiger partial charge in [-0.3, -0.25) is 9.89 Å². The third-order valence-corrected chi connectivity index (χ3v) is 5.93. The van der Waals surface area contributed by atoms with Crippen molar-refractivity contribution < 1.29 is 4.79 Å². The van der Waals surface area contributed by atoms with Gasteiger partial charge in [-0.2, -0.15) is 5.10 Å². The Morgan fingerprint density at radius 2 is 1.96 bits per heavy atom. The predicted octanol–water partition coefficient (Wildman–Crippen LogP) is 4.70. The lowest BCUT2D eigenvalue weighted by Gasteiger charge is -2.31. The number of ketones is 1. The van der Waals surface area contributed by atoms with E-state index >= 15 is 0 Å². The van der Waals surface area contributed by atoms with E-state index in [1.54, 1.807) is 11.3 Å². The number of H-pyrrole nitrogens is 1. The number of fused-ring (bicyclic) bond motifs is 1. The predicted molar refractivity (Wildman–Crippen MR) is 99.7 cm³/mol. The molecular formula is C20H17N3OS. The largest absolute Gasteiger partial charge is 0.342 e. The molecule has 1 aromatic carbocycles. The van der Waals surface area contributed by atoms with Crippen molar-refractivity contribution in [3.63, 3.8) is 0 Å². The lowest BCUT2D eigenvalue weighted by Crippen LogP contribution is -2.26. The molecule has 4 nitrogen and oxygen atoms in total. The van der Waals surface area contributed by atoms with Crippen molar-refractivity contribution in [2.24, 2.45) is 0 Å². The lowest BCUT2D eigenvalue weighted by molar-refractivity contribution is -0.116. The molecule has 3 heterocycles. The number of carbonyl (C=O) groups excluding carboxylic acids is 1. The molecule has 1 unspecified atom stereocenters. The van der Waals surface area contributed by atoms with Gasteiger partial charge < -0.3 is 5.32 Å². The molecule has 0 amide bonds. The van der Waals surface area contributed by atoms with Crippen LogP contribution >= 0.6 is 11.3 Å². The second-order valence-corrected chi connectivity index (χ2v) is 7.45. The van der Waals surface area contributed by atoms with Gasteiger partial charge in [0.2, 0.25) is 0 Å². The lowest BCUT2D eigenvalue weighted by atomic mass is 9.78. The molecule has 2 N–H and O–H groups in total. The third kappa shape index (κ3) is 2.27. The van der Waals surface area contributed by atoms with Gasteiger partial charge >= 0.3 is 0 Å². The minimum absolute atomic E-state index is 0.0343. The van der Waals surface area contributed by atoms with E-state index in [4.69, 9.17) is 0 Å². The zero-order valence-electron chi connectivity index (χ0n) is 13.6. The number of allylic oxidation sites excluding steroid dienone is 2. The first-order valence-corrected chi connectivity index (χ1v) is 9.41. The molecule has 1 aliphatic heterocycles. The first kappa shape index (κ1) is 14.7. The quantitative estimate of drug-likeness (QED) is 0.706. The molecule has 0 radical (unpaired) electrons. The Labute approximate surface area is 149 Å². The van der Waals surface area contributed by atoms with Crippen molar-refractivity contribution in [1.82, 2.24) is 10.2 Å². The van der Waals surface area contributed by atoms with Crippen molar-refractivity contribution in [3.8, 4) is 11.3 Å². The average molecular weight is 347 g/mol. The van der Waals surface area contributed by atoms with Gasteiger partial charge in [-0.05, 0) is 29.9 Å². The van der Waals surface area contributed by atoms with Gasteiger partial charge in [0.15, 0.2) is 11.6 Å². The fourth-order valence-corrected chi connectivity index (χ4v) is 4.75. The summed E-state index contributed by atoms with van der Waals surface area (Å²) >= 11 is 1.70. The number of rotatable bonds is 2. The number of Topliss-reactive ketones (excluding diaryl/α,β-unsaturated/α-hetero) is 1. The van der Waals surface area contributed by atoms with Crippen LogP contribution in [0.2, 0.25) is 0 Å². The number of aromatic amines is 1. The Kier molecular flexibility index (Phi) is 3.35. The fourth-order valence-electron chi connectivity index (χ4n) is 3.91. The number of benzene rings is 1. The summed E-state index contributed by atoms with van der Waals surface area (Å²) in [4.78, 5) is 14.0. The molecule has 1 atom stereocenters. The molecule has 0 spiro atoms. The van der Waals surface area contributed by atoms with E-state index in [9.17, 15) is 4.79 Å². The molecule has 0 bridgehead atoms. The molecule has 1 aliphatic carbocycles. The molecule has 5 heteroatoms. The fraction of sp³-hybridized carbons (Fsp3) is 0.200. The first-order chi connectivity index (χ1) is 12.3. The Morgan fingerprint density at radius 1 is 1.08 bits per heavy atom. The van der Waals surface area contributed by atoms with Gasteiger partial charge in [0.05, 0.1) is 11.6 Å².